The summed E-state index contributed by atoms with van der Waals surface area (Å²) in [6.07, 6.45) is 0. The Morgan fingerprint density at radius 2 is 1.78 bits per heavy atom. The van der Waals surface area contributed by atoms with Crippen molar-refractivity contribution in [3.8, 4) is 11.5 Å². The van der Waals surface area contributed by atoms with Crippen molar-refractivity contribution in [3.05, 3.63) is 53.1 Å². The third-order valence-electron chi connectivity index (χ3n) is 3.79. The van der Waals surface area contributed by atoms with Crippen LogP contribution in [0.4, 0.5) is 5.69 Å². The van der Waals surface area contributed by atoms with Gasteiger partial charge in [-0.05, 0) is 51.1 Å². The second-order valence-corrected chi connectivity index (χ2v) is 6.68. The highest BCUT2D eigenvalue weighted by atomic mass is 35.5. The number of carbonyl (C=O) groups is 2. The molecule has 2 rings (SSSR count). The molecule has 2 aromatic rings. The van der Waals surface area contributed by atoms with Crippen LogP contribution in [0.3, 0.4) is 0 Å². The fraction of sp³-hybridized carbons (Fsp3) is 0.300. The van der Waals surface area contributed by atoms with Crippen LogP contribution in [0.25, 0.3) is 0 Å². The van der Waals surface area contributed by atoms with E-state index in [-0.39, 0.29) is 16.8 Å². The van der Waals surface area contributed by atoms with E-state index in [4.69, 9.17) is 21.1 Å². The summed E-state index contributed by atoms with van der Waals surface area (Å²) in [6, 6.07) is 11.8. The minimum Gasteiger partial charge on any atom is -0.493 e. The molecule has 0 bridgehead atoms. The predicted molar refractivity (Wildman–Crippen MR) is 106 cm³/mol. The van der Waals surface area contributed by atoms with Crippen LogP contribution in [0.1, 0.15) is 31.1 Å². The number of benzene rings is 2. The van der Waals surface area contributed by atoms with Crippen LogP contribution in [-0.2, 0) is 4.79 Å². The lowest BCUT2D eigenvalue weighted by Crippen LogP contribution is -2.42. The van der Waals surface area contributed by atoms with Crippen molar-refractivity contribution in [1.82, 2.24) is 5.32 Å². The smallest absolute Gasteiger partial charge is 0.267 e. The summed E-state index contributed by atoms with van der Waals surface area (Å²) in [5.74, 6) is 0.368. The van der Waals surface area contributed by atoms with Gasteiger partial charge in [-0.2, -0.15) is 0 Å². The van der Waals surface area contributed by atoms with Gasteiger partial charge in [-0.15, -0.1) is 0 Å². The van der Waals surface area contributed by atoms with Gasteiger partial charge in [0.2, 0.25) is 0 Å². The van der Waals surface area contributed by atoms with Gasteiger partial charge in [0.05, 0.1) is 17.7 Å². The first-order valence-electron chi connectivity index (χ1n) is 8.49. The van der Waals surface area contributed by atoms with Gasteiger partial charge in [0.25, 0.3) is 11.8 Å². The van der Waals surface area contributed by atoms with Crippen LogP contribution in [-0.4, -0.2) is 31.1 Å². The Hall–Kier alpha value is -2.73. The maximum atomic E-state index is 12.7. The Kier molecular flexibility index (Phi) is 6.69. The zero-order chi connectivity index (χ0) is 20.0. The molecule has 0 spiro atoms. The topological polar surface area (TPSA) is 76.7 Å². The Morgan fingerprint density at radius 3 is 2.37 bits per heavy atom. The molecule has 144 valence electrons. The van der Waals surface area contributed by atoms with Crippen LogP contribution >= 0.6 is 11.6 Å². The lowest BCUT2D eigenvalue weighted by Gasteiger charge is -2.26. The molecule has 2 N–H and O–H groups in total. The largest absolute Gasteiger partial charge is 0.493 e. The average molecular weight is 391 g/mol. The lowest BCUT2D eigenvalue weighted by atomic mass is 10.1. The summed E-state index contributed by atoms with van der Waals surface area (Å²) in [4.78, 5) is 24.6. The first-order valence-corrected chi connectivity index (χ1v) is 8.87. The first kappa shape index (κ1) is 20.6. The summed E-state index contributed by atoms with van der Waals surface area (Å²) >= 11 is 6.17. The lowest BCUT2D eigenvalue weighted by molar-refractivity contribution is -0.128. The first-order chi connectivity index (χ1) is 12.8. The van der Waals surface area contributed by atoms with Gasteiger partial charge in [-0.25, -0.2) is 0 Å². The van der Waals surface area contributed by atoms with Crippen molar-refractivity contribution >= 4 is 29.1 Å². The van der Waals surface area contributed by atoms with E-state index in [1.54, 1.807) is 44.2 Å². The Morgan fingerprint density at radius 1 is 1.11 bits per heavy atom. The van der Waals surface area contributed by atoms with Gasteiger partial charge in [-0.1, -0.05) is 23.7 Å². The molecule has 0 radical (unpaired) electrons. The molecule has 0 aliphatic heterocycles. The summed E-state index contributed by atoms with van der Waals surface area (Å²) < 4.78 is 11.1. The fourth-order valence-corrected chi connectivity index (χ4v) is 2.61. The number of carbonyl (C=O) groups excluding carboxylic acids is 2. The van der Waals surface area contributed by atoms with Gasteiger partial charge in [0.1, 0.15) is 0 Å². The number of rotatable bonds is 7. The normalized spacial score (nSPS) is 10.9. The van der Waals surface area contributed by atoms with E-state index >= 15 is 0 Å². The van der Waals surface area contributed by atoms with Gasteiger partial charge in [0.15, 0.2) is 17.1 Å². The highest BCUT2D eigenvalue weighted by molar-refractivity contribution is 6.34. The summed E-state index contributed by atoms with van der Waals surface area (Å²) in [5.41, 5.74) is -0.352. The Labute approximate surface area is 163 Å². The molecule has 2 amide bonds. The molecule has 0 saturated heterocycles. The average Bonchev–Trinajstić information content (AvgIpc) is 2.62. The number of halogens is 1. The standard InChI is InChI=1S/C20H23ClN2O4/c1-5-22-18(24)14-11-10-13(12-15(14)21)23-19(25)20(2,3)27-17-9-7-6-8-16(17)26-4/h6-12H,5H2,1-4H3,(H,22,24)(H,23,25). The number of hydrogen-bond acceptors (Lipinski definition) is 4. The van der Waals surface area contributed by atoms with Gasteiger partial charge >= 0.3 is 0 Å². The van der Waals surface area contributed by atoms with Gasteiger partial charge in [0, 0.05) is 12.2 Å². The SMILES string of the molecule is CCNC(=O)c1ccc(NC(=O)C(C)(C)Oc2ccccc2OC)cc1Cl. The fourth-order valence-electron chi connectivity index (χ4n) is 2.34. The quantitative estimate of drug-likeness (QED) is 0.751. The van der Waals surface area contributed by atoms with Crippen molar-refractivity contribution < 1.29 is 19.1 Å². The summed E-state index contributed by atoms with van der Waals surface area (Å²) in [6.45, 7) is 5.63. The number of hydrogen-bond donors (Lipinski definition) is 2. The van der Waals surface area contributed by atoms with Gasteiger partial charge in [-0.3, -0.25) is 9.59 Å². The number of nitrogens with one attached hydrogen (secondary N) is 2. The molecule has 2 aromatic carbocycles. The number of anilines is 1. The summed E-state index contributed by atoms with van der Waals surface area (Å²) in [5, 5.41) is 5.69. The zero-order valence-electron chi connectivity index (χ0n) is 15.8. The van der Waals surface area contributed by atoms with Crippen molar-refractivity contribution in [2.24, 2.45) is 0 Å². The van der Waals surface area contributed by atoms with Crippen molar-refractivity contribution in [2.45, 2.75) is 26.4 Å². The molecule has 27 heavy (non-hydrogen) atoms. The third kappa shape index (κ3) is 5.14. The molecule has 0 aliphatic rings. The van der Waals surface area contributed by atoms with Crippen LogP contribution in [0, 0.1) is 0 Å². The van der Waals surface area contributed by atoms with Crippen LogP contribution in [0.5, 0.6) is 11.5 Å². The van der Waals surface area contributed by atoms with E-state index in [1.165, 1.54) is 13.2 Å². The minimum atomic E-state index is -1.17. The van der Waals surface area contributed by atoms with Gasteiger partial charge < -0.3 is 20.1 Å². The van der Waals surface area contributed by atoms with E-state index in [1.807, 2.05) is 13.0 Å². The Balaban J connectivity index is 2.13. The molecule has 0 unspecified atom stereocenters. The van der Waals surface area contributed by atoms with Crippen LogP contribution < -0.4 is 20.1 Å². The van der Waals surface area contributed by atoms with Crippen molar-refractivity contribution in [3.63, 3.8) is 0 Å². The van der Waals surface area contributed by atoms with Crippen LogP contribution in [0.15, 0.2) is 42.5 Å². The molecule has 0 fully saturated rings. The van der Waals surface area contributed by atoms with Crippen molar-refractivity contribution in [2.75, 3.05) is 19.0 Å². The highest BCUT2D eigenvalue weighted by Gasteiger charge is 2.31. The maximum absolute atomic E-state index is 12.7. The third-order valence-corrected chi connectivity index (χ3v) is 4.10. The minimum absolute atomic E-state index is 0.252. The monoisotopic (exact) mass is 390 g/mol. The number of ether oxygens (including phenoxy) is 2. The van der Waals surface area contributed by atoms with E-state index in [0.29, 0.717) is 29.3 Å². The van der Waals surface area contributed by atoms with E-state index in [2.05, 4.69) is 10.6 Å². The second-order valence-electron chi connectivity index (χ2n) is 6.27. The molecule has 0 saturated carbocycles. The highest BCUT2D eigenvalue weighted by Crippen LogP contribution is 2.30. The zero-order valence-corrected chi connectivity index (χ0v) is 16.5. The van der Waals surface area contributed by atoms with E-state index in [0.717, 1.165) is 0 Å². The van der Waals surface area contributed by atoms with Crippen molar-refractivity contribution in [1.29, 1.82) is 0 Å². The van der Waals surface area contributed by atoms with E-state index < -0.39 is 5.60 Å². The molecular weight excluding hydrogens is 368 g/mol. The number of methoxy groups -OCH3 is 1. The Bertz CT molecular complexity index is 836. The van der Waals surface area contributed by atoms with E-state index in [9.17, 15) is 9.59 Å². The molecule has 6 nitrogen and oxygen atoms in total. The van der Waals surface area contributed by atoms with Crippen LogP contribution in [0.2, 0.25) is 5.02 Å². The number of para-hydroxylation sites is 2. The molecule has 0 atom stereocenters. The predicted octanol–water partition coefficient (Wildman–Crippen LogP) is 3.89. The summed E-state index contributed by atoms with van der Waals surface area (Å²) in [7, 11) is 1.54. The maximum Gasteiger partial charge on any atom is 0.267 e. The molecule has 0 heterocycles. The molecule has 7 heteroatoms. The molecule has 0 aromatic heterocycles. The number of amides is 2. The second kappa shape index (κ2) is 8.77. The molecule has 0 aliphatic carbocycles. The molecular formula is C20H23ClN2O4.